The van der Waals surface area contributed by atoms with Gasteiger partial charge in [-0.3, -0.25) is 0 Å². The van der Waals surface area contributed by atoms with Crippen molar-refractivity contribution in [3.63, 3.8) is 0 Å². The summed E-state index contributed by atoms with van der Waals surface area (Å²) in [5.74, 6) is -0.251. The molecule has 1 saturated heterocycles. The van der Waals surface area contributed by atoms with Crippen LogP contribution >= 0.6 is 23.1 Å². The standard InChI is InChI=1S/C25H36N2O5S3/c1-8-32-22(29)20-15-33-23(26-20)35(30,31)27-11-9-16(10-12-27)34-17-13-18(24(2,3)4)21(28)19(14-17)25(5,6)7/h13-16,28H,8-12H2,1-7H3. The maximum absolute atomic E-state index is 13.1. The fraction of sp³-hybridized carbons (Fsp3) is 0.600. The van der Waals surface area contributed by atoms with Crippen molar-refractivity contribution in [2.24, 2.45) is 0 Å². The van der Waals surface area contributed by atoms with Crippen molar-refractivity contribution in [1.82, 2.24) is 9.29 Å². The zero-order valence-electron chi connectivity index (χ0n) is 21.5. The van der Waals surface area contributed by atoms with Crippen LogP contribution in [-0.4, -0.2) is 53.7 Å². The molecule has 35 heavy (non-hydrogen) atoms. The van der Waals surface area contributed by atoms with Crippen LogP contribution in [0.3, 0.4) is 0 Å². The van der Waals surface area contributed by atoms with Crippen molar-refractivity contribution in [3.8, 4) is 5.75 Å². The zero-order chi connectivity index (χ0) is 26.2. The molecule has 0 aliphatic carbocycles. The van der Waals surface area contributed by atoms with Crippen molar-refractivity contribution < 1.29 is 23.1 Å². The molecule has 1 fully saturated rings. The molecule has 1 N–H and O–H groups in total. The molecule has 3 rings (SSSR count). The first-order chi connectivity index (χ1) is 16.1. The lowest BCUT2D eigenvalue weighted by Crippen LogP contribution is -2.39. The van der Waals surface area contributed by atoms with E-state index in [-0.39, 0.29) is 32.7 Å². The SMILES string of the molecule is CCOC(=O)c1csc(S(=O)(=O)N2CCC(Sc3cc(C(C)(C)C)c(O)c(C(C)(C)C)c3)CC2)n1. The number of hydrogen-bond donors (Lipinski definition) is 1. The van der Waals surface area contributed by atoms with Crippen LogP contribution in [-0.2, 0) is 25.6 Å². The normalized spacial score (nSPS) is 16.4. The van der Waals surface area contributed by atoms with E-state index in [2.05, 4.69) is 58.7 Å². The van der Waals surface area contributed by atoms with Crippen LogP contribution in [0.2, 0.25) is 0 Å². The van der Waals surface area contributed by atoms with Gasteiger partial charge in [-0.25, -0.2) is 18.2 Å². The van der Waals surface area contributed by atoms with Crippen molar-refractivity contribution in [1.29, 1.82) is 0 Å². The average Bonchev–Trinajstić information content (AvgIpc) is 3.25. The number of hydrogen-bond acceptors (Lipinski definition) is 8. The van der Waals surface area contributed by atoms with Gasteiger partial charge in [0.2, 0.25) is 4.34 Å². The highest BCUT2D eigenvalue weighted by atomic mass is 32.2. The molecule has 10 heteroatoms. The first-order valence-electron chi connectivity index (χ1n) is 11.8. The summed E-state index contributed by atoms with van der Waals surface area (Å²) in [7, 11) is -3.75. The van der Waals surface area contributed by atoms with E-state index in [1.807, 2.05) is 0 Å². The Labute approximate surface area is 217 Å². The van der Waals surface area contributed by atoms with Gasteiger partial charge in [0.1, 0.15) is 5.75 Å². The number of benzene rings is 1. The molecule has 0 radical (unpaired) electrons. The van der Waals surface area contributed by atoms with E-state index in [4.69, 9.17) is 4.74 Å². The van der Waals surface area contributed by atoms with E-state index in [1.54, 1.807) is 18.7 Å². The van der Waals surface area contributed by atoms with Gasteiger partial charge in [0, 0.05) is 39.7 Å². The van der Waals surface area contributed by atoms with Gasteiger partial charge in [0.15, 0.2) is 5.69 Å². The Morgan fingerprint density at radius 3 is 2.17 bits per heavy atom. The molecule has 2 aromatic rings. The molecule has 0 saturated carbocycles. The molecule has 0 atom stereocenters. The zero-order valence-corrected chi connectivity index (χ0v) is 24.0. The number of aromatic nitrogens is 1. The van der Waals surface area contributed by atoms with E-state index in [9.17, 15) is 18.3 Å². The number of phenols is 1. The highest BCUT2D eigenvalue weighted by Crippen LogP contribution is 2.43. The van der Waals surface area contributed by atoms with E-state index in [1.165, 1.54) is 9.69 Å². The lowest BCUT2D eigenvalue weighted by Gasteiger charge is -2.31. The van der Waals surface area contributed by atoms with Crippen LogP contribution in [0.25, 0.3) is 0 Å². The topological polar surface area (TPSA) is 96.8 Å². The first kappa shape index (κ1) is 28.0. The number of esters is 1. The molecule has 0 amide bonds. The molecule has 0 unspecified atom stereocenters. The Morgan fingerprint density at radius 2 is 1.69 bits per heavy atom. The number of phenolic OH excluding ortho intramolecular Hbond substituents is 1. The fourth-order valence-electron chi connectivity index (χ4n) is 3.99. The molecule has 194 valence electrons. The van der Waals surface area contributed by atoms with E-state index >= 15 is 0 Å². The second kappa shape index (κ2) is 10.4. The van der Waals surface area contributed by atoms with Crippen LogP contribution < -0.4 is 0 Å². The van der Waals surface area contributed by atoms with Crippen LogP contribution in [0, 0.1) is 0 Å². The van der Waals surface area contributed by atoms with Crippen molar-refractivity contribution >= 4 is 39.1 Å². The van der Waals surface area contributed by atoms with Gasteiger partial charge in [-0.05, 0) is 42.7 Å². The van der Waals surface area contributed by atoms with Gasteiger partial charge < -0.3 is 9.84 Å². The number of thioether (sulfide) groups is 1. The minimum absolute atomic E-state index is 0.0255. The van der Waals surface area contributed by atoms with Crippen LogP contribution in [0.5, 0.6) is 5.75 Å². The summed E-state index contributed by atoms with van der Waals surface area (Å²) in [6.07, 6.45) is 1.41. The first-order valence-corrected chi connectivity index (χ1v) is 15.0. The Balaban J connectivity index is 1.73. The van der Waals surface area contributed by atoms with Gasteiger partial charge in [-0.1, -0.05) is 41.5 Å². The summed E-state index contributed by atoms with van der Waals surface area (Å²) in [5.41, 5.74) is 1.47. The van der Waals surface area contributed by atoms with E-state index in [0.29, 0.717) is 31.7 Å². The third-order valence-corrected chi connectivity index (χ3v) is 10.4. The lowest BCUT2D eigenvalue weighted by molar-refractivity contribution is 0.0520. The Kier molecular flexibility index (Phi) is 8.30. The minimum atomic E-state index is -3.75. The Morgan fingerprint density at radius 1 is 1.14 bits per heavy atom. The number of carbonyl (C=O) groups excluding carboxylic acids is 1. The average molecular weight is 541 g/mol. The number of sulfonamides is 1. The van der Waals surface area contributed by atoms with Crippen LogP contribution in [0.15, 0.2) is 26.7 Å². The number of carbonyl (C=O) groups is 1. The Bertz CT molecular complexity index is 1130. The van der Waals surface area contributed by atoms with Gasteiger partial charge in [-0.2, -0.15) is 4.31 Å². The van der Waals surface area contributed by atoms with Gasteiger partial charge in [-0.15, -0.1) is 23.1 Å². The second-order valence-corrected chi connectivity index (χ2v) is 15.2. The van der Waals surface area contributed by atoms with Gasteiger partial charge >= 0.3 is 5.97 Å². The smallest absolute Gasteiger partial charge is 0.357 e. The fourth-order valence-corrected chi connectivity index (χ4v) is 7.78. The minimum Gasteiger partial charge on any atom is -0.507 e. The summed E-state index contributed by atoms with van der Waals surface area (Å²) >= 11 is 2.70. The Hall–Kier alpha value is -1.62. The van der Waals surface area contributed by atoms with Crippen LogP contribution in [0.1, 0.15) is 82.9 Å². The number of thiazole rings is 1. The number of nitrogens with zero attached hydrogens (tertiary/aromatic N) is 2. The van der Waals surface area contributed by atoms with Crippen molar-refractivity contribution in [3.05, 3.63) is 34.3 Å². The predicted molar refractivity (Wildman–Crippen MR) is 141 cm³/mol. The predicted octanol–water partition coefficient (Wildman–Crippen LogP) is 5.57. The number of ether oxygens (including phenoxy) is 1. The van der Waals surface area contributed by atoms with Crippen molar-refractivity contribution in [2.45, 2.75) is 86.6 Å². The quantitative estimate of drug-likeness (QED) is 0.479. The van der Waals surface area contributed by atoms with Crippen molar-refractivity contribution in [2.75, 3.05) is 19.7 Å². The third-order valence-electron chi connectivity index (χ3n) is 5.93. The molecule has 0 spiro atoms. The molecule has 7 nitrogen and oxygen atoms in total. The third kappa shape index (κ3) is 6.39. The molecule has 0 bridgehead atoms. The maximum Gasteiger partial charge on any atom is 0.357 e. The summed E-state index contributed by atoms with van der Waals surface area (Å²) < 4.78 is 32.5. The highest BCUT2D eigenvalue weighted by molar-refractivity contribution is 8.00. The molecule has 1 aromatic carbocycles. The maximum atomic E-state index is 13.1. The summed E-state index contributed by atoms with van der Waals surface area (Å²) in [6, 6.07) is 4.15. The number of aromatic hydroxyl groups is 1. The van der Waals surface area contributed by atoms with Gasteiger partial charge in [0.05, 0.1) is 6.61 Å². The molecule has 1 aromatic heterocycles. The van der Waals surface area contributed by atoms with Gasteiger partial charge in [0.25, 0.3) is 10.0 Å². The summed E-state index contributed by atoms with van der Waals surface area (Å²) in [6.45, 7) is 15.3. The highest BCUT2D eigenvalue weighted by Gasteiger charge is 2.33. The van der Waals surface area contributed by atoms with E-state index < -0.39 is 16.0 Å². The molecule has 1 aliphatic heterocycles. The number of piperidine rings is 1. The molecular weight excluding hydrogens is 504 g/mol. The monoisotopic (exact) mass is 540 g/mol. The number of rotatable bonds is 6. The molecule has 1 aliphatic rings. The van der Waals surface area contributed by atoms with E-state index in [0.717, 1.165) is 27.4 Å². The summed E-state index contributed by atoms with van der Waals surface area (Å²) in [4.78, 5) is 17.0. The summed E-state index contributed by atoms with van der Waals surface area (Å²) in [5, 5.41) is 12.7. The van der Waals surface area contributed by atoms with Crippen LogP contribution in [0.4, 0.5) is 0 Å². The largest absolute Gasteiger partial charge is 0.507 e. The second-order valence-electron chi connectivity index (χ2n) is 10.8. The molecule has 2 heterocycles. The molecular formula is C25H36N2O5S3. The lowest BCUT2D eigenvalue weighted by atomic mass is 9.79.